The second kappa shape index (κ2) is 17.8. The Morgan fingerprint density at radius 2 is 0.229 bits per heavy atom. The fourth-order valence-electron chi connectivity index (χ4n) is 17.1. The standard InChI is InChI=1S/C78H84B6O12/c1-67(2)68(3,4)86-79(85-67)37-25-43-45-27-38(80-87-69(5,6)70(7,8)88-80)29-47-49-31-40(82-91-73(13,14)74(15,16)92-82)33-51-53-35-42(84-95-77(21,22)78(23,24)96-84)36-54-52-34-41(83-93-75(17,18)76(19,20)94-83)32-50-48-30-39(81-89-71(9,10)72(11,12)90-81)28-46-44(26-37)55(43)61-62(56(45)47)64(58(49)51)66(60(53)54)65(59(50)52)63(61)57(46)48/h25-36H,1-24H3. The van der Waals surface area contributed by atoms with E-state index in [1.807, 2.05) is 0 Å². The van der Waals surface area contributed by atoms with E-state index in [9.17, 15) is 0 Å². The normalized spacial score (nSPS) is 24.6. The topological polar surface area (TPSA) is 111 Å². The summed E-state index contributed by atoms with van der Waals surface area (Å²) in [6.45, 7) is 51.3. The highest BCUT2D eigenvalue weighted by molar-refractivity contribution is 6.71. The van der Waals surface area contributed by atoms with Gasteiger partial charge < -0.3 is 55.9 Å². The lowest BCUT2D eigenvalue weighted by Crippen LogP contribution is -2.41. The van der Waals surface area contributed by atoms with E-state index in [2.05, 4.69) is 239 Å². The second-order valence-electron chi connectivity index (χ2n) is 35.7. The van der Waals surface area contributed by atoms with Crippen LogP contribution in [0.5, 0.6) is 0 Å². The van der Waals surface area contributed by atoms with Crippen molar-refractivity contribution in [3.8, 4) is 0 Å². The average Bonchev–Trinajstić information content (AvgIpc) is 0.818. The fourth-order valence-corrected chi connectivity index (χ4v) is 17.1. The van der Waals surface area contributed by atoms with Gasteiger partial charge in [0.1, 0.15) is 0 Å². The van der Waals surface area contributed by atoms with E-state index < -0.39 is 110 Å². The van der Waals surface area contributed by atoms with Gasteiger partial charge in [-0.15, -0.1) is 0 Å². The number of hydrogen-bond donors (Lipinski definition) is 0. The molecule has 13 aromatic rings. The quantitative estimate of drug-likeness (QED) is 0.0898. The van der Waals surface area contributed by atoms with E-state index in [0.717, 1.165) is 97.4 Å². The molecule has 19 rings (SSSR count). The molecule has 0 N–H and O–H groups in total. The first kappa shape index (κ1) is 61.5. The van der Waals surface area contributed by atoms with Gasteiger partial charge in [0.05, 0.1) is 67.2 Å². The summed E-state index contributed by atoms with van der Waals surface area (Å²) in [5, 5.41) is 27.4. The highest BCUT2D eigenvalue weighted by atomic mass is 16.7. The van der Waals surface area contributed by atoms with Crippen molar-refractivity contribution in [3.63, 3.8) is 0 Å². The summed E-state index contributed by atoms with van der Waals surface area (Å²) >= 11 is 0. The van der Waals surface area contributed by atoms with Crippen molar-refractivity contribution in [1.82, 2.24) is 0 Å². The minimum Gasteiger partial charge on any atom is -0.399 e. The first-order valence-corrected chi connectivity index (χ1v) is 34.9. The summed E-state index contributed by atoms with van der Waals surface area (Å²) in [6, 6.07) is 28.5. The Labute approximate surface area is 563 Å². The van der Waals surface area contributed by atoms with Crippen molar-refractivity contribution in [1.29, 1.82) is 0 Å². The van der Waals surface area contributed by atoms with E-state index in [1.165, 1.54) is 64.6 Å². The monoisotopic (exact) mass is 1280 g/mol. The molecular formula is C78H84B6O12. The minimum absolute atomic E-state index is 0.620. The van der Waals surface area contributed by atoms with Gasteiger partial charge in [-0.3, -0.25) is 0 Å². The zero-order chi connectivity index (χ0) is 67.8. The van der Waals surface area contributed by atoms with Crippen molar-refractivity contribution in [3.05, 3.63) is 72.8 Å². The largest absolute Gasteiger partial charge is 0.494 e. The third-order valence-corrected chi connectivity index (χ3v) is 26.9. The van der Waals surface area contributed by atoms with Gasteiger partial charge in [-0.2, -0.15) is 0 Å². The van der Waals surface area contributed by atoms with Gasteiger partial charge in [0.25, 0.3) is 0 Å². The molecule has 6 aliphatic heterocycles. The molecule has 0 atom stereocenters. The van der Waals surface area contributed by atoms with Crippen LogP contribution in [0.2, 0.25) is 0 Å². The van der Waals surface area contributed by atoms with Crippen LogP contribution in [0.1, 0.15) is 166 Å². The smallest absolute Gasteiger partial charge is 0.399 e. The molecule has 12 nitrogen and oxygen atoms in total. The summed E-state index contributed by atoms with van der Waals surface area (Å²) in [7, 11) is -4.16. The molecule has 6 fully saturated rings. The Hall–Kier alpha value is -5.55. The van der Waals surface area contributed by atoms with Crippen LogP contribution in [0, 0.1) is 0 Å². The van der Waals surface area contributed by atoms with Crippen LogP contribution in [-0.2, 0) is 55.9 Å². The number of benzene rings is 13. The first-order valence-electron chi connectivity index (χ1n) is 34.9. The maximum atomic E-state index is 7.16. The highest BCUT2D eigenvalue weighted by Gasteiger charge is 2.58. The molecule has 13 aromatic carbocycles. The van der Waals surface area contributed by atoms with E-state index in [-0.39, 0.29) is 0 Å². The van der Waals surface area contributed by atoms with Crippen LogP contribution in [0.25, 0.3) is 129 Å². The van der Waals surface area contributed by atoms with E-state index in [0.29, 0.717) is 0 Å². The van der Waals surface area contributed by atoms with Crippen molar-refractivity contribution in [2.24, 2.45) is 0 Å². The molecular weight excluding hydrogens is 1190 g/mol. The third kappa shape index (κ3) is 7.49. The van der Waals surface area contributed by atoms with Crippen LogP contribution >= 0.6 is 0 Å². The zero-order valence-corrected chi connectivity index (χ0v) is 60.3. The molecule has 0 saturated carbocycles. The third-order valence-electron chi connectivity index (χ3n) is 26.9. The maximum Gasteiger partial charge on any atom is 0.494 e. The van der Waals surface area contributed by atoms with Crippen LogP contribution in [0.3, 0.4) is 0 Å². The van der Waals surface area contributed by atoms with Crippen molar-refractivity contribution >= 4 is 205 Å². The summed E-state index contributed by atoms with van der Waals surface area (Å²) in [5.41, 5.74) is -1.87. The Balaban J connectivity index is 1.08. The maximum absolute atomic E-state index is 7.16. The lowest BCUT2D eigenvalue weighted by molar-refractivity contribution is 0.00578. The second-order valence-corrected chi connectivity index (χ2v) is 35.7. The molecule has 6 aliphatic rings. The Morgan fingerprint density at radius 1 is 0.146 bits per heavy atom. The molecule has 96 heavy (non-hydrogen) atoms. The number of rotatable bonds is 6. The average molecular weight is 1280 g/mol. The predicted octanol–water partition coefficient (Wildman–Crippen LogP) is 13.9. The van der Waals surface area contributed by atoms with Crippen molar-refractivity contribution in [2.75, 3.05) is 0 Å². The van der Waals surface area contributed by atoms with Crippen LogP contribution in [0.15, 0.2) is 72.8 Å². The first-order chi connectivity index (χ1) is 44.4. The number of hydrogen-bond acceptors (Lipinski definition) is 12. The molecule has 0 radical (unpaired) electrons. The molecule has 0 aromatic heterocycles. The van der Waals surface area contributed by atoms with Crippen LogP contribution in [-0.4, -0.2) is 110 Å². The molecule has 6 saturated heterocycles. The van der Waals surface area contributed by atoms with Gasteiger partial charge in [-0.1, -0.05) is 72.8 Å². The molecule has 0 amide bonds. The molecule has 0 bridgehead atoms. The van der Waals surface area contributed by atoms with E-state index >= 15 is 0 Å². The van der Waals surface area contributed by atoms with Gasteiger partial charge in [-0.05, 0) is 328 Å². The molecule has 0 aliphatic carbocycles. The lowest BCUT2D eigenvalue weighted by Gasteiger charge is -2.32. The summed E-state index contributed by atoms with van der Waals surface area (Å²) in [6.07, 6.45) is 0. The Bertz CT molecular complexity index is 4410. The Morgan fingerprint density at radius 3 is 0.312 bits per heavy atom. The van der Waals surface area contributed by atoms with E-state index in [4.69, 9.17) is 55.9 Å². The molecule has 18 heteroatoms. The van der Waals surface area contributed by atoms with Gasteiger partial charge in [0, 0.05) is 0 Å². The van der Waals surface area contributed by atoms with E-state index in [1.54, 1.807) is 0 Å². The van der Waals surface area contributed by atoms with Gasteiger partial charge in [-0.25, -0.2) is 0 Å². The summed E-state index contributed by atoms with van der Waals surface area (Å²) < 4.78 is 85.9. The van der Waals surface area contributed by atoms with Gasteiger partial charge in [0.15, 0.2) is 0 Å². The summed E-state index contributed by atoms with van der Waals surface area (Å²) in [5.74, 6) is 0. The lowest BCUT2D eigenvalue weighted by atomic mass is 9.67. The van der Waals surface area contributed by atoms with Crippen molar-refractivity contribution < 1.29 is 55.9 Å². The fraction of sp³-hybridized carbons (Fsp3) is 0.462. The van der Waals surface area contributed by atoms with Gasteiger partial charge in [0.2, 0.25) is 0 Å². The van der Waals surface area contributed by atoms with Crippen LogP contribution in [0.4, 0.5) is 0 Å². The summed E-state index contributed by atoms with van der Waals surface area (Å²) in [4.78, 5) is 0. The predicted molar refractivity (Wildman–Crippen MR) is 398 cm³/mol. The minimum atomic E-state index is -0.693. The SMILES string of the molecule is CC1(C)OB(c2cc3c4cc(B5OC(C)(C)C(C)(C)O5)cc5c6cc(B7OC(C)(C)C(C)(C)O7)cc7c8cc(B9OC(C)(C)C(C)(C)O9)cc9c%10cc(B%11OC(C)(C)C(C)(C)O%11)cc%11c%12cc(B%13OC(C)(C)C(C)(C)O%13)cc%13c(c2)c3c2c(c45)c(c67)c(c89)c(c%11%10)c2c%13%12)OC1(C)C. The molecule has 486 valence electrons. The number of fused-ring (bicyclic) bond motifs is 6. The van der Waals surface area contributed by atoms with Crippen LogP contribution < -0.4 is 32.8 Å². The molecule has 6 heterocycles. The van der Waals surface area contributed by atoms with Gasteiger partial charge >= 0.3 is 42.7 Å². The molecule has 0 unspecified atom stereocenters. The Kier molecular flexibility index (Phi) is 11.4. The van der Waals surface area contributed by atoms with Crippen molar-refractivity contribution in [2.45, 2.75) is 233 Å². The molecule has 0 spiro atoms. The zero-order valence-electron chi connectivity index (χ0n) is 60.3. The highest BCUT2D eigenvalue weighted by Crippen LogP contribution is 2.61.